The van der Waals surface area contributed by atoms with Gasteiger partial charge in [0.25, 0.3) is 5.82 Å². The minimum Gasteiger partial charge on any atom is -0.456 e. The van der Waals surface area contributed by atoms with Crippen LogP contribution in [0.4, 0.5) is 5.82 Å². The molecule has 0 bridgehead atoms. The molecule has 4 nitrogen and oxygen atoms in total. The molecule has 3 heterocycles. The number of hydrogen-bond donors (Lipinski definition) is 0. The molecule has 5 rings (SSSR count). The van der Waals surface area contributed by atoms with Crippen LogP contribution < -0.4 is 9.47 Å². The van der Waals surface area contributed by atoms with E-state index in [9.17, 15) is 0 Å². The van der Waals surface area contributed by atoms with Gasteiger partial charge < -0.3 is 9.32 Å². The first-order valence-corrected chi connectivity index (χ1v) is 9.46. The van der Waals surface area contributed by atoms with Crippen molar-refractivity contribution in [3.63, 3.8) is 0 Å². The molecule has 1 aromatic carbocycles. The third-order valence-electron chi connectivity index (χ3n) is 5.95. The lowest BCUT2D eigenvalue weighted by Crippen LogP contribution is -2.43. The molecule has 1 aliphatic carbocycles. The van der Waals surface area contributed by atoms with Gasteiger partial charge in [0.2, 0.25) is 0 Å². The van der Waals surface area contributed by atoms with Crippen molar-refractivity contribution in [2.45, 2.75) is 26.4 Å². The maximum Gasteiger partial charge on any atom is 0.287 e. The average Bonchev–Trinajstić information content (AvgIpc) is 3.32. The van der Waals surface area contributed by atoms with Gasteiger partial charge in [0.15, 0.2) is 6.17 Å². The molecule has 0 amide bonds. The van der Waals surface area contributed by atoms with Crippen LogP contribution in [0.3, 0.4) is 0 Å². The smallest absolute Gasteiger partial charge is 0.287 e. The Kier molecular flexibility index (Phi) is 3.44. The Morgan fingerprint density at radius 2 is 2.00 bits per heavy atom. The molecule has 0 saturated heterocycles. The van der Waals surface area contributed by atoms with Gasteiger partial charge in [0.05, 0.1) is 18.5 Å². The van der Waals surface area contributed by atoms with Gasteiger partial charge in [-0.3, -0.25) is 0 Å². The summed E-state index contributed by atoms with van der Waals surface area (Å²) in [5.41, 5.74) is 6.02. The van der Waals surface area contributed by atoms with Gasteiger partial charge in [-0.25, -0.2) is 9.47 Å². The summed E-state index contributed by atoms with van der Waals surface area (Å²) in [4.78, 5) is 4.51. The van der Waals surface area contributed by atoms with Crippen molar-refractivity contribution < 1.29 is 8.98 Å². The fourth-order valence-electron chi connectivity index (χ4n) is 4.27. The molecule has 0 unspecified atom stereocenters. The van der Waals surface area contributed by atoms with E-state index in [0.29, 0.717) is 0 Å². The Balaban J connectivity index is 1.85. The molecule has 2 aromatic heterocycles. The molecular weight excluding hydrogens is 334 g/mol. The zero-order valence-corrected chi connectivity index (χ0v) is 16.2. The number of allylic oxidation sites excluding steroid dienone is 1. The van der Waals surface area contributed by atoms with Gasteiger partial charge in [-0.15, -0.1) is 0 Å². The van der Waals surface area contributed by atoms with Crippen LogP contribution in [-0.2, 0) is 13.5 Å². The predicted octanol–water partition coefficient (Wildman–Crippen LogP) is 4.37. The number of aromatic nitrogens is 1. The van der Waals surface area contributed by atoms with E-state index in [1.54, 1.807) is 0 Å². The molecule has 1 aliphatic heterocycles. The number of nitrogens with zero attached hydrogens (tertiary/aromatic N) is 3. The zero-order chi connectivity index (χ0) is 18.7. The average molecular weight is 358 g/mol. The van der Waals surface area contributed by atoms with Crippen LogP contribution >= 0.6 is 0 Å². The molecule has 4 heteroatoms. The van der Waals surface area contributed by atoms with Crippen molar-refractivity contribution in [2.24, 2.45) is 7.05 Å². The van der Waals surface area contributed by atoms with E-state index in [1.165, 1.54) is 27.8 Å². The number of furan rings is 1. The number of rotatable bonds is 2. The number of fused-ring (bicyclic) bond motifs is 3. The van der Waals surface area contributed by atoms with E-state index in [0.717, 1.165) is 23.6 Å². The minimum atomic E-state index is 0.264. The third kappa shape index (κ3) is 2.26. The lowest BCUT2D eigenvalue weighted by atomic mass is 9.99. The summed E-state index contributed by atoms with van der Waals surface area (Å²) < 4.78 is 8.58. The van der Waals surface area contributed by atoms with E-state index >= 15 is 0 Å². The second-order valence-electron chi connectivity index (χ2n) is 7.52. The summed E-state index contributed by atoms with van der Waals surface area (Å²) in [5.74, 6) is 2.13. The molecule has 136 valence electrons. The summed E-state index contributed by atoms with van der Waals surface area (Å²) in [5, 5.41) is 1.24. The van der Waals surface area contributed by atoms with Crippen LogP contribution in [0.25, 0.3) is 28.3 Å². The fourth-order valence-corrected chi connectivity index (χ4v) is 4.27. The number of pyridine rings is 1. The van der Waals surface area contributed by atoms with Crippen LogP contribution in [0.15, 0.2) is 53.2 Å². The molecule has 0 fully saturated rings. The predicted molar refractivity (Wildman–Crippen MR) is 109 cm³/mol. The summed E-state index contributed by atoms with van der Waals surface area (Å²) in [6, 6.07) is 10.8. The van der Waals surface area contributed by atoms with E-state index in [1.807, 2.05) is 0 Å². The lowest BCUT2D eigenvalue weighted by molar-refractivity contribution is -0.646. The number of anilines is 1. The van der Waals surface area contributed by atoms with Crippen LogP contribution in [-0.4, -0.2) is 18.1 Å². The maximum atomic E-state index is 6.27. The van der Waals surface area contributed by atoms with E-state index in [4.69, 9.17) is 4.42 Å². The van der Waals surface area contributed by atoms with Crippen molar-refractivity contribution in [1.29, 1.82) is 0 Å². The highest BCUT2D eigenvalue weighted by Gasteiger charge is 2.33. The first kappa shape index (κ1) is 16.2. The van der Waals surface area contributed by atoms with Crippen molar-refractivity contribution in [2.75, 3.05) is 11.9 Å². The molecule has 0 saturated carbocycles. The van der Waals surface area contributed by atoms with Crippen LogP contribution in [0.5, 0.6) is 0 Å². The Hall–Kier alpha value is -3.01. The first-order valence-electron chi connectivity index (χ1n) is 9.46. The number of benzene rings is 1. The Labute approximate surface area is 159 Å². The molecule has 27 heavy (non-hydrogen) atoms. The highest BCUT2D eigenvalue weighted by Crippen LogP contribution is 2.39. The van der Waals surface area contributed by atoms with Gasteiger partial charge in [0.1, 0.15) is 23.2 Å². The van der Waals surface area contributed by atoms with Crippen LogP contribution in [0.1, 0.15) is 23.8 Å². The Bertz CT molecular complexity index is 1120. The minimum absolute atomic E-state index is 0.264. The van der Waals surface area contributed by atoms with Gasteiger partial charge >= 0.3 is 0 Å². The highest BCUT2D eigenvalue weighted by atomic mass is 16.3. The van der Waals surface area contributed by atoms with Crippen molar-refractivity contribution >= 4 is 22.9 Å². The van der Waals surface area contributed by atoms with Crippen LogP contribution in [0.2, 0.25) is 0 Å². The maximum absolute atomic E-state index is 6.27. The Morgan fingerprint density at radius 1 is 1.19 bits per heavy atom. The normalized spacial score (nSPS) is 18.1. The van der Waals surface area contributed by atoms with Crippen molar-refractivity contribution in [1.82, 2.24) is 4.90 Å². The molecule has 3 aromatic rings. The summed E-state index contributed by atoms with van der Waals surface area (Å²) in [6.45, 7) is 4.39. The Morgan fingerprint density at radius 3 is 2.74 bits per heavy atom. The van der Waals surface area contributed by atoms with Crippen LogP contribution in [0, 0.1) is 6.92 Å². The second kappa shape index (κ2) is 5.74. The van der Waals surface area contributed by atoms with E-state index in [-0.39, 0.29) is 6.17 Å². The molecule has 0 radical (unpaired) electrons. The monoisotopic (exact) mass is 358 g/mol. The van der Waals surface area contributed by atoms with Crippen molar-refractivity contribution in [3.8, 4) is 11.3 Å². The zero-order valence-electron chi connectivity index (χ0n) is 16.2. The molecule has 0 N–H and O–H groups in total. The van der Waals surface area contributed by atoms with Gasteiger partial charge in [-0.1, -0.05) is 30.3 Å². The lowest BCUT2D eigenvalue weighted by Gasteiger charge is -2.22. The summed E-state index contributed by atoms with van der Waals surface area (Å²) >= 11 is 0. The molecular formula is C23H24N3O+. The summed E-state index contributed by atoms with van der Waals surface area (Å²) in [6.07, 6.45) is 9.74. The molecule has 0 spiro atoms. The highest BCUT2D eigenvalue weighted by molar-refractivity contribution is 5.97. The standard InChI is InChI=1S/C23H24N3O/c1-15-8-5-6-9-17(15)23-22-18-10-7-11-19(18)27-20(22)14-21(25(23)4)26-13-12-24(3)16(26)2/h5-9,11-14,16H,10H2,1-4H3/q+1/t16-/m0/s1. The first-order chi connectivity index (χ1) is 13.1. The number of hydrogen-bond acceptors (Lipinski definition) is 3. The van der Waals surface area contributed by atoms with Crippen molar-refractivity contribution in [3.05, 3.63) is 65.7 Å². The number of aryl methyl sites for hydroxylation is 1. The van der Waals surface area contributed by atoms with Gasteiger partial charge in [-0.2, -0.15) is 0 Å². The molecule has 1 atom stereocenters. The summed E-state index contributed by atoms with van der Waals surface area (Å²) in [7, 11) is 4.27. The van der Waals surface area contributed by atoms with E-state index < -0.39 is 0 Å². The fraction of sp³-hybridized carbons (Fsp3) is 0.261. The molecule has 2 aliphatic rings. The largest absolute Gasteiger partial charge is 0.456 e. The third-order valence-corrected chi connectivity index (χ3v) is 5.95. The SMILES string of the molecule is Cc1ccccc1-c1c2c3c(oc2cc(N2C=CN(C)[C@@H]2C)[n+]1C)C=CC3. The topological polar surface area (TPSA) is 23.5 Å². The quantitative estimate of drug-likeness (QED) is 0.636. The second-order valence-corrected chi connectivity index (χ2v) is 7.52. The van der Waals surface area contributed by atoms with Gasteiger partial charge in [-0.05, 0) is 31.9 Å². The van der Waals surface area contributed by atoms with Gasteiger partial charge in [0, 0.05) is 24.4 Å². The van der Waals surface area contributed by atoms with E-state index in [2.05, 4.69) is 97.2 Å².